The average molecular weight is 256 g/mol. The largest absolute Gasteiger partial charge is 0.375 e. The molecule has 1 heterocycles. The van der Waals surface area contributed by atoms with Crippen molar-refractivity contribution in [2.24, 2.45) is 0 Å². The number of benzene rings is 1. The van der Waals surface area contributed by atoms with Gasteiger partial charge in [0.1, 0.15) is 6.10 Å². The van der Waals surface area contributed by atoms with Gasteiger partial charge >= 0.3 is 0 Å². The third-order valence-corrected chi connectivity index (χ3v) is 3.41. The Morgan fingerprint density at radius 2 is 1.89 bits per heavy atom. The minimum absolute atomic E-state index is 0.0332. The van der Waals surface area contributed by atoms with Gasteiger partial charge < -0.3 is 10.1 Å². The number of nitrogens with one attached hydrogen (secondary N) is 1. The average Bonchev–Trinajstić information content (AvgIpc) is 2.46. The van der Waals surface area contributed by atoms with E-state index in [1.165, 1.54) is 11.1 Å². The van der Waals surface area contributed by atoms with Gasteiger partial charge in [0.25, 0.3) is 0 Å². The van der Waals surface area contributed by atoms with Gasteiger partial charge in [-0.1, -0.05) is 30.3 Å². The summed E-state index contributed by atoms with van der Waals surface area (Å²) in [6, 6.07) is 12.4. The number of hydrogen-bond acceptors (Lipinski definition) is 3. The van der Waals surface area contributed by atoms with Crippen LogP contribution in [0.2, 0.25) is 0 Å². The molecule has 3 heteroatoms. The Balaban J connectivity index is 2.38. The molecule has 0 aliphatic rings. The highest BCUT2D eigenvalue weighted by Crippen LogP contribution is 2.32. The third kappa shape index (κ3) is 3.00. The fraction of sp³-hybridized carbons (Fsp3) is 0.312. The zero-order chi connectivity index (χ0) is 13.7. The Labute approximate surface area is 114 Å². The number of ether oxygens (including phenoxy) is 1. The lowest BCUT2D eigenvalue weighted by atomic mass is 9.94. The summed E-state index contributed by atoms with van der Waals surface area (Å²) >= 11 is 0. The molecular weight excluding hydrogens is 236 g/mol. The van der Waals surface area contributed by atoms with Crippen LogP contribution in [0, 0.1) is 6.92 Å². The van der Waals surface area contributed by atoms with Gasteiger partial charge in [0, 0.05) is 19.5 Å². The Morgan fingerprint density at radius 3 is 2.47 bits per heavy atom. The second kappa shape index (κ2) is 6.45. The van der Waals surface area contributed by atoms with Crippen LogP contribution in [0.4, 0.5) is 0 Å². The van der Waals surface area contributed by atoms with Crippen LogP contribution < -0.4 is 5.32 Å². The molecule has 0 bridgehead atoms. The number of rotatable bonds is 5. The zero-order valence-corrected chi connectivity index (χ0v) is 11.6. The maximum Gasteiger partial charge on any atom is 0.102 e. The Morgan fingerprint density at radius 1 is 1.16 bits per heavy atom. The van der Waals surface area contributed by atoms with Crippen molar-refractivity contribution in [2.75, 3.05) is 14.2 Å². The SMILES string of the molecule is CNC(c1cnccc1C)C(OC)c1ccccc1. The maximum atomic E-state index is 5.71. The van der Waals surface area contributed by atoms with Gasteiger partial charge in [0.05, 0.1) is 6.04 Å². The van der Waals surface area contributed by atoms with Gasteiger partial charge in [0.2, 0.25) is 0 Å². The minimum atomic E-state index is -0.0332. The number of pyridine rings is 1. The first-order chi connectivity index (χ1) is 9.27. The molecule has 1 N–H and O–H groups in total. The predicted molar refractivity (Wildman–Crippen MR) is 77.0 cm³/mol. The normalized spacial score (nSPS) is 14.1. The number of aromatic nitrogens is 1. The maximum absolute atomic E-state index is 5.71. The molecule has 1 aromatic carbocycles. The van der Waals surface area contributed by atoms with E-state index >= 15 is 0 Å². The quantitative estimate of drug-likeness (QED) is 0.893. The number of aryl methyl sites for hydroxylation is 1. The van der Waals surface area contributed by atoms with E-state index in [0.29, 0.717) is 0 Å². The topological polar surface area (TPSA) is 34.2 Å². The van der Waals surface area contributed by atoms with Gasteiger partial charge in [-0.25, -0.2) is 0 Å². The standard InChI is InChI=1S/C16H20N2O/c1-12-9-10-18-11-14(12)15(17-2)16(19-3)13-7-5-4-6-8-13/h4-11,15-17H,1-3H3. The van der Waals surface area contributed by atoms with Crippen LogP contribution in [0.15, 0.2) is 48.8 Å². The Kier molecular flexibility index (Phi) is 4.66. The third-order valence-electron chi connectivity index (χ3n) is 3.41. The van der Waals surface area contributed by atoms with Crippen molar-refractivity contribution in [2.45, 2.75) is 19.1 Å². The highest BCUT2D eigenvalue weighted by Gasteiger charge is 2.24. The molecule has 1 aromatic heterocycles. The van der Waals surface area contributed by atoms with Gasteiger partial charge in [-0.3, -0.25) is 4.98 Å². The Bertz CT molecular complexity index is 513. The summed E-state index contributed by atoms with van der Waals surface area (Å²) in [6.45, 7) is 2.10. The monoisotopic (exact) mass is 256 g/mol. The highest BCUT2D eigenvalue weighted by atomic mass is 16.5. The molecular formula is C16H20N2O. The van der Waals surface area contributed by atoms with Crippen LogP contribution in [0.3, 0.4) is 0 Å². The van der Waals surface area contributed by atoms with Crippen LogP contribution in [-0.2, 0) is 4.74 Å². The van der Waals surface area contributed by atoms with E-state index < -0.39 is 0 Å². The molecule has 0 aliphatic carbocycles. The number of hydrogen-bond donors (Lipinski definition) is 1. The molecule has 0 amide bonds. The molecule has 0 radical (unpaired) electrons. The Hall–Kier alpha value is -1.71. The van der Waals surface area contributed by atoms with E-state index in [9.17, 15) is 0 Å². The highest BCUT2D eigenvalue weighted by molar-refractivity contribution is 5.29. The summed E-state index contributed by atoms with van der Waals surface area (Å²) in [5.41, 5.74) is 3.54. The van der Waals surface area contributed by atoms with Crippen molar-refractivity contribution in [3.05, 3.63) is 65.5 Å². The van der Waals surface area contributed by atoms with E-state index in [2.05, 4.69) is 29.4 Å². The fourth-order valence-corrected chi connectivity index (χ4v) is 2.38. The molecule has 0 fully saturated rings. The van der Waals surface area contributed by atoms with Crippen LogP contribution in [0.5, 0.6) is 0 Å². The first-order valence-electron chi connectivity index (χ1n) is 6.43. The molecule has 0 aliphatic heterocycles. The van der Waals surface area contributed by atoms with Crippen LogP contribution >= 0.6 is 0 Å². The van der Waals surface area contributed by atoms with Crippen molar-refractivity contribution in [3.8, 4) is 0 Å². The molecule has 2 atom stereocenters. The van der Waals surface area contributed by atoms with E-state index in [0.717, 1.165) is 5.56 Å². The molecule has 2 aromatic rings. The molecule has 3 nitrogen and oxygen atoms in total. The minimum Gasteiger partial charge on any atom is -0.375 e. The van der Waals surface area contributed by atoms with E-state index in [4.69, 9.17) is 4.74 Å². The number of nitrogens with zero attached hydrogens (tertiary/aromatic N) is 1. The molecule has 0 spiro atoms. The molecule has 2 rings (SSSR count). The van der Waals surface area contributed by atoms with Crippen molar-refractivity contribution in [1.82, 2.24) is 10.3 Å². The van der Waals surface area contributed by atoms with Gasteiger partial charge in [0.15, 0.2) is 0 Å². The molecule has 2 unspecified atom stereocenters. The summed E-state index contributed by atoms with van der Waals surface area (Å²) in [4.78, 5) is 4.23. The van der Waals surface area contributed by atoms with Crippen LogP contribution in [-0.4, -0.2) is 19.1 Å². The molecule has 19 heavy (non-hydrogen) atoms. The molecule has 0 saturated heterocycles. The smallest absolute Gasteiger partial charge is 0.102 e. The lowest BCUT2D eigenvalue weighted by molar-refractivity contribution is 0.0699. The predicted octanol–water partition coefficient (Wildman–Crippen LogP) is 3.04. The number of methoxy groups -OCH3 is 1. The van der Waals surface area contributed by atoms with E-state index in [1.807, 2.05) is 43.7 Å². The van der Waals surface area contributed by atoms with Crippen molar-refractivity contribution < 1.29 is 4.74 Å². The summed E-state index contributed by atoms with van der Waals surface area (Å²) < 4.78 is 5.71. The summed E-state index contributed by atoms with van der Waals surface area (Å²) in [6.07, 6.45) is 3.69. The molecule has 100 valence electrons. The molecule has 0 saturated carbocycles. The van der Waals surface area contributed by atoms with Crippen LogP contribution in [0.25, 0.3) is 0 Å². The van der Waals surface area contributed by atoms with E-state index in [1.54, 1.807) is 7.11 Å². The number of likely N-dealkylation sites (N-methyl/N-ethyl adjacent to an activating group) is 1. The van der Waals surface area contributed by atoms with Gasteiger partial charge in [-0.15, -0.1) is 0 Å². The fourth-order valence-electron chi connectivity index (χ4n) is 2.38. The van der Waals surface area contributed by atoms with E-state index in [-0.39, 0.29) is 12.1 Å². The summed E-state index contributed by atoms with van der Waals surface area (Å²) in [5, 5.41) is 3.34. The second-order valence-electron chi connectivity index (χ2n) is 4.57. The summed E-state index contributed by atoms with van der Waals surface area (Å²) in [7, 11) is 3.69. The van der Waals surface area contributed by atoms with Gasteiger partial charge in [-0.2, -0.15) is 0 Å². The van der Waals surface area contributed by atoms with Crippen LogP contribution in [0.1, 0.15) is 28.8 Å². The lowest BCUT2D eigenvalue weighted by Gasteiger charge is -2.27. The second-order valence-corrected chi connectivity index (χ2v) is 4.57. The first kappa shape index (κ1) is 13.7. The van der Waals surface area contributed by atoms with Crippen molar-refractivity contribution in [3.63, 3.8) is 0 Å². The van der Waals surface area contributed by atoms with Crippen molar-refractivity contribution >= 4 is 0 Å². The summed E-state index contributed by atoms with van der Waals surface area (Å²) in [5.74, 6) is 0. The first-order valence-corrected chi connectivity index (χ1v) is 6.43. The lowest BCUT2D eigenvalue weighted by Crippen LogP contribution is -2.26. The van der Waals surface area contributed by atoms with Gasteiger partial charge in [-0.05, 0) is 36.7 Å². The van der Waals surface area contributed by atoms with Crippen molar-refractivity contribution in [1.29, 1.82) is 0 Å². The zero-order valence-electron chi connectivity index (χ0n) is 11.6.